The minimum absolute atomic E-state index is 0.0117. The first-order chi connectivity index (χ1) is 12.7. The fourth-order valence-electron chi connectivity index (χ4n) is 3.14. The summed E-state index contributed by atoms with van der Waals surface area (Å²) in [4.78, 5) is 0. The highest BCUT2D eigenvalue weighted by Crippen LogP contribution is 2.26. The van der Waals surface area contributed by atoms with Crippen LogP contribution in [0.15, 0.2) is 66.9 Å². The number of hydrogen-bond donors (Lipinski definition) is 1. The van der Waals surface area contributed by atoms with Gasteiger partial charge in [-0.15, -0.1) is 10.2 Å². The number of aliphatic hydroxyl groups excluding tert-OH is 1. The number of nitrogens with zero attached hydrogens (tertiary/aromatic N) is 3. The Balaban J connectivity index is 1.83. The van der Waals surface area contributed by atoms with E-state index in [9.17, 15) is 5.11 Å². The zero-order valence-corrected chi connectivity index (χ0v) is 14.9. The molecule has 0 amide bonds. The molecule has 4 aromatic rings. The van der Waals surface area contributed by atoms with Gasteiger partial charge >= 0.3 is 0 Å². The Hall–Kier alpha value is -2.98. The van der Waals surface area contributed by atoms with E-state index in [1.807, 2.05) is 34.7 Å². The van der Waals surface area contributed by atoms with Gasteiger partial charge in [0, 0.05) is 11.8 Å². The second-order valence-electron chi connectivity index (χ2n) is 6.81. The third-order valence-corrected chi connectivity index (χ3v) is 4.66. The molecule has 130 valence electrons. The number of aliphatic hydroxyl groups is 1. The summed E-state index contributed by atoms with van der Waals surface area (Å²) in [5, 5.41) is 18.0. The number of aromatic nitrogens is 3. The molecule has 0 bridgehead atoms. The standard InChI is InChI=1S/C22H21N3O/c1-15(2)17-6-4-7-18(12-17)20-9-10-21-23-24-22(25(21)13-20)19-8-3-5-16(11-19)14-26/h3-13,15,26H,14H2,1-2H3. The number of pyridine rings is 1. The predicted octanol–water partition coefficient (Wildman–Crippen LogP) is 4.68. The first kappa shape index (κ1) is 16.5. The zero-order valence-electron chi connectivity index (χ0n) is 14.9. The summed E-state index contributed by atoms with van der Waals surface area (Å²) >= 11 is 0. The molecule has 4 rings (SSSR count). The van der Waals surface area contributed by atoms with Gasteiger partial charge in [0.2, 0.25) is 0 Å². The SMILES string of the molecule is CC(C)c1cccc(-c2ccc3nnc(-c4cccc(CO)c4)n3c2)c1. The Morgan fingerprint density at radius 2 is 1.69 bits per heavy atom. The summed E-state index contributed by atoms with van der Waals surface area (Å²) in [6.45, 7) is 4.42. The average Bonchev–Trinajstić information content (AvgIpc) is 3.11. The van der Waals surface area contributed by atoms with E-state index in [0.29, 0.717) is 5.92 Å². The lowest BCUT2D eigenvalue weighted by Gasteiger charge is -2.09. The van der Waals surface area contributed by atoms with E-state index in [2.05, 4.69) is 60.6 Å². The molecule has 0 spiro atoms. The fraction of sp³-hybridized carbons (Fsp3) is 0.182. The Kier molecular flexibility index (Phi) is 4.27. The van der Waals surface area contributed by atoms with Gasteiger partial charge < -0.3 is 5.11 Å². The van der Waals surface area contributed by atoms with Crippen molar-refractivity contribution in [1.82, 2.24) is 14.6 Å². The van der Waals surface area contributed by atoms with Crippen molar-refractivity contribution in [2.45, 2.75) is 26.4 Å². The maximum Gasteiger partial charge on any atom is 0.168 e. The van der Waals surface area contributed by atoms with Crippen LogP contribution in [0.2, 0.25) is 0 Å². The lowest BCUT2D eigenvalue weighted by Crippen LogP contribution is -1.93. The lowest BCUT2D eigenvalue weighted by atomic mass is 9.98. The van der Waals surface area contributed by atoms with Crippen LogP contribution >= 0.6 is 0 Å². The van der Waals surface area contributed by atoms with Gasteiger partial charge in [0.25, 0.3) is 0 Å². The first-order valence-electron chi connectivity index (χ1n) is 8.81. The highest BCUT2D eigenvalue weighted by Gasteiger charge is 2.10. The average molecular weight is 343 g/mol. The molecule has 0 aliphatic heterocycles. The molecule has 0 fully saturated rings. The molecule has 0 unspecified atom stereocenters. The number of benzene rings is 2. The number of rotatable bonds is 4. The molecule has 0 atom stereocenters. The maximum absolute atomic E-state index is 9.39. The van der Waals surface area contributed by atoms with Crippen LogP contribution in [-0.2, 0) is 6.61 Å². The number of fused-ring (bicyclic) bond motifs is 1. The second-order valence-corrected chi connectivity index (χ2v) is 6.81. The fourth-order valence-corrected chi connectivity index (χ4v) is 3.14. The largest absolute Gasteiger partial charge is 0.392 e. The minimum atomic E-state index is 0.0117. The summed E-state index contributed by atoms with van der Waals surface area (Å²) in [6, 6.07) is 20.5. The van der Waals surface area contributed by atoms with Crippen molar-refractivity contribution in [3.05, 3.63) is 78.0 Å². The van der Waals surface area contributed by atoms with Crippen molar-refractivity contribution in [2.24, 2.45) is 0 Å². The van der Waals surface area contributed by atoms with E-state index in [1.54, 1.807) is 0 Å². The van der Waals surface area contributed by atoms with Crippen molar-refractivity contribution >= 4 is 5.65 Å². The van der Waals surface area contributed by atoms with Crippen LogP contribution in [0.3, 0.4) is 0 Å². The Labute approximate surface area is 152 Å². The van der Waals surface area contributed by atoms with Crippen LogP contribution in [-0.4, -0.2) is 19.7 Å². The molecule has 4 nitrogen and oxygen atoms in total. The molecule has 0 aliphatic carbocycles. The molecule has 4 heteroatoms. The highest BCUT2D eigenvalue weighted by molar-refractivity contribution is 5.68. The minimum Gasteiger partial charge on any atom is -0.392 e. The van der Waals surface area contributed by atoms with Crippen LogP contribution < -0.4 is 0 Å². The van der Waals surface area contributed by atoms with Gasteiger partial charge in [-0.1, -0.05) is 56.3 Å². The Bertz CT molecular complexity index is 1070. The van der Waals surface area contributed by atoms with Crippen LogP contribution in [0.25, 0.3) is 28.2 Å². The van der Waals surface area contributed by atoms with Gasteiger partial charge in [0.15, 0.2) is 11.5 Å². The molecule has 2 aromatic carbocycles. The summed E-state index contributed by atoms with van der Waals surface area (Å²) in [5.41, 5.74) is 6.23. The molecule has 2 aromatic heterocycles. The zero-order chi connectivity index (χ0) is 18.1. The third kappa shape index (κ3) is 3.00. The summed E-state index contributed by atoms with van der Waals surface area (Å²) in [6.07, 6.45) is 2.08. The van der Waals surface area contributed by atoms with E-state index >= 15 is 0 Å². The first-order valence-corrected chi connectivity index (χ1v) is 8.81. The van der Waals surface area contributed by atoms with Crippen LogP contribution in [0.5, 0.6) is 0 Å². The van der Waals surface area contributed by atoms with Gasteiger partial charge in [0.05, 0.1) is 6.61 Å². The van der Waals surface area contributed by atoms with Crippen molar-refractivity contribution in [3.8, 4) is 22.5 Å². The molecule has 0 radical (unpaired) electrons. The van der Waals surface area contributed by atoms with E-state index in [4.69, 9.17) is 0 Å². The molecule has 1 N–H and O–H groups in total. The van der Waals surface area contributed by atoms with Crippen molar-refractivity contribution in [1.29, 1.82) is 0 Å². The summed E-state index contributed by atoms with van der Waals surface area (Å²) < 4.78 is 2.01. The molecule has 0 saturated heterocycles. The molecule has 2 heterocycles. The van der Waals surface area contributed by atoms with Crippen LogP contribution in [0.1, 0.15) is 30.9 Å². The van der Waals surface area contributed by atoms with Crippen molar-refractivity contribution < 1.29 is 5.11 Å². The van der Waals surface area contributed by atoms with E-state index in [1.165, 1.54) is 11.1 Å². The second kappa shape index (κ2) is 6.73. The summed E-state index contributed by atoms with van der Waals surface area (Å²) in [7, 11) is 0. The van der Waals surface area contributed by atoms with Crippen molar-refractivity contribution in [3.63, 3.8) is 0 Å². The smallest absolute Gasteiger partial charge is 0.168 e. The highest BCUT2D eigenvalue weighted by atomic mass is 16.3. The van der Waals surface area contributed by atoms with Gasteiger partial charge in [-0.25, -0.2) is 0 Å². The van der Waals surface area contributed by atoms with E-state index < -0.39 is 0 Å². The lowest BCUT2D eigenvalue weighted by molar-refractivity contribution is 0.282. The maximum atomic E-state index is 9.39. The summed E-state index contributed by atoms with van der Waals surface area (Å²) in [5.74, 6) is 1.27. The van der Waals surface area contributed by atoms with Gasteiger partial charge in [-0.05, 0) is 46.4 Å². The predicted molar refractivity (Wildman–Crippen MR) is 104 cm³/mol. The van der Waals surface area contributed by atoms with Crippen LogP contribution in [0, 0.1) is 0 Å². The quantitative estimate of drug-likeness (QED) is 0.585. The van der Waals surface area contributed by atoms with E-state index in [0.717, 1.165) is 28.2 Å². The normalized spacial score (nSPS) is 11.4. The topological polar surface area (TPSA) is 50.4 Å². The third-order valence-electron chi connectivity index (χ3n) is 4.66. The molecule has 0 aliphatic rings. The van der Waals surface area contributed by atoms with E-state index in [-0.39, 0.29) is 6.61 Å². The van der Waals surface area contributed by atoms with Gasteiger partial charge in [0.1, 0.15) is 0 Å². The number of hydrogen-bond acceptors (Lipinski definition) is 3. The van der Waals surface area contributed by atoms with Crippen LogP contribution in [0.4, 0.5) is 0 Å². The Morgan fingerprint density at radius 1 is 0.885 bits per heavy atom. The van der Waals surface area contributed by atoms with Gasteiger partial charge in [-0.3, -0.25) is 4.40 Å². The Morgan fingerprint density at radius 3 is 2.50 bits per heavy atom. The van der Waals surface area contributed by atoms with Crippen molar-refractivity contribution in [2.75, 3.05) is 0 Å². The molecule has 0 saturated carbocycles. The monoisotopic (exact) mass is 343 g/mol. The molecular weight excluding hydrogens is 322 g/mol. The van der Waals surface area contributed by atoms with Gasteiger partial charge in [-0.2, -0.15) is 0 Å². The molecule has 26 heavy (non-hydrogen) atoms. The molecular formula is C22H21N3O.